The Morgan fingerprint density at radius 1 is 1.03 bits per heavy atom. The van der Waals surface area contributed by atoms with E-state index in [9.17, 15) is 0 Å². The summed E-state index contributed by atoms with van der Waals surface area (Å²) >= 11 is 0. The Labute approximate surface area is 172 Å². The maximum Gasteiger partial charge on any atom is 0.130 e. The van der Waals surface area contributed by atoms with Crippen molar-refractivity contribution in [1.82, 2.24) is 19.7 Å². The van der Waals surface area contributed by atoms with Gasteiger partial charge in [0.05, 0.1) is 6.20 Å². The summed E-state index contributed by atoms with van der Waals surface area (Å²) in [6.45, 7) is 6.88. The largest absolute Gasteiger partial charge is 0.344 e. The zero-order valence-corrected chi connectivity index (χ0v) is 17.1. The van der Waals surface area contributed by atoms with Crippen LogP contribution in [0.3, 0.4) is 0 Å². The number of benzene rings is 1. The first kappa shape index (κ1) is 18.4. The van der Waals surface area contributed by atoms with Crippen LogP contribution in [-0.2, 0) is 7.05 Å². The SMILES string of the molecule is C=C(Nc1cc2cc(-c3cnn(C)c3)ccc2cn1)C1CC(N2CCCCC2)C1. The molecule has 0 bridgehead atoms. The second-order valence-corrected chi connectivity index (χ2v) is 8.60. The van der Waals surface area contributed by atoms with Crippen molar-refractivity contribution in [2.45, 2.75) is 38.1 Å². The average Bonchev–Trinajstić information content (AvgIpc) is 3.13. The molecule has 0 amide bonds. The summed E-state index contributed by atoms with van der Waals surface area (Å²) in [7, 11) is 1.94. The molecular formula is C24H29N5. The lowest BCUT2D eigenvalue weighted by atomic mass is 9.77. The number of piperidine rings is 1. The van der Waals surface area contributed by atoms with E-state index in [-0.39, 0.29) is 0 Å². The highest BCUT2D eigenvalue weighted by molar-refractivity contribution is 5.88. The van der Waals surface area contributed by atoms with E-state index in [4.69, 9.17) is 0 Å². The maximum absolute atomic E-state index is 4.60. The highest BCUT2D eigenvalue weighted by atomic mass is 15.2. The molecule has 0 radical (unpaired) electrons. The van der Waals surface area contributed by atoms with E-state index < -0.39 is 0 Å². The highest BCUT2D eigenvalue weighted by Crippen LogP contribution is 2.37. The van der Waals surface area contributed by atoms with Crippen LogP contribution in [0.4, 0.5) is 5.82 Å². The third kappa shape index (κ3) is 3.79. The van der Waals surface area contributed by atoms with Gasteiger partial charge < -0.3 is 10.2 Å². The van der Waals surface area contributed by atoms with Crippen molar-refractivity contribution < 1.29 is 0 Å². The first-order valence-electron chi connectivity index (χ1n) is 10.7. The van der Waals surface area contributed by atoms with Gasteiger partial charge in [-0.15, -0.1) is 0 Å². The molecule has 0 atom stereocenters. The summed E-state index contributed by atoms with van der Waals surface area (Å²) in [4.78, 5) is 7.29. The van der Waals surface area contributed by atoms with E-state index in [0.29, 0.717) is 5.92 Å². The van der Waals surface area contributed by atoms with Crippen molar-refractivity contribution >= 4 is 16.6 Å². The molecule has 3 aromatic rings. The lowest BCUT2D eigenvalue weighted by molar-refractivity contribution is 0.0759. The Morgan fingerprint density at radius 3 is 2.62 bits per heavy atom. The Kier molecular flexibility index (Phi) is 4.84. The molecule has 1 aromatic carbocycles. The smallest absolute Gasteiger partial charge is 0.130 e. The fourth-order valence-electron chi connectivity index (χ4n) is 4.68. The molecule has 1 aliphatic carbocycles. The van der Waals surface area contributed by atoms with Crippen LogP contribution in [0.25, 0.3) is 21.9 Å². The van der Waals surface area contributed by atoms with E-state index in [0.717, 1.165) is 28.5 Å². The molecule has 1 saturated heterocycles. The van der Waals surface area contributed by atoms with Gasteiger partial charge in [-0.3, -0.25) is 4.68 Å². The van der Waals surface area contributed by atoms with Gasteiger partial charge in [0.25, 0.3) is 0 Å². The molecule has 29 heavy (non-hydrogen) atoms. The summed E-state index contributed by atoms with van der Waals surface area (Å²) in [5.41, 5.74) is 3.40. The zero-order valence-electron chi connectivity index (χ0n) is 17.1. The third-order valence-corrected chi connectivity index (χ3v) is 6.56. The minimum Gasteiger partial charge on any atom is -0.344 e. The minimum absolute atomic E-state index is 0.557. The molecule has 0 unspecified atom stereocenters. The Bertz CT molecular complexity index is 1020. The number of allylic oxidation sites excluding steroid dienone is 1. The Hall–Kier alpha value is -2.66. The van der Waals surface area contributed by atoms with Crippen molar-refractivity contribution in [1.29, 1.82) is 0 Å². The fraction of sp³-hybridized carbons (Fsp3) is 0.417. The van der Waals surface area contributed by atoms with Crippen molar-refractivity contribution in [3.63, 3.8) is 0 Å². The lowest BCUT2D eigenvalue weighted by Gasteiger charge is -2.45. The maximum atomic E-state index is 4.60. The number of anilines is 1. The predicted octanol–water partition coefficient (Wildman–Crippen LogP) is 4.83. The number of hydrogen-bond donors (Lipinski definition) is 1. The first-order valence-corrected chi connectivity index (χ1v) is 10.7. The zero-order chi connectivity index (χ0) is 19.8. The van der Waals surface area contributed by atoms with Crippen LogP contribution >= 0.6 is 0 Å². The number of hydrogen-bond acceptors (Lipinski definition) is 4. The normalized spacial score (nSPS) is 22.4. The van der Waals surface area contributed by atoms with Gasteiger partial charge >= 0.3 is 0 Å². The van der Waals surface area contributed by atoms with E-state index >= 15 is 0 Å². The van der Waals surface area contributed by atoms with Crippen LogP contribution in [0.2, 0.25) is 0 Å². The number of nitrogens with one attached hydrogen (secondary N) is 1. The van der Waals surface area contributed by atoms with Crippen LogP contribution in [-0.4, -0.2) is 38.8 Å². The summed E-state index contributed by atoms with van der Waals surface area (Å²) in [5, 5.41) is 10.1. The summed E-state index contributed by atoms with van der Waals surface area (Å²) < 4.78 is 1.83. The van der Waals surface area contributed by atoms with Crippen LogP contribution < -0.4 is 5.32 Å². The lowest BCUT2D eigenvalue weighted by Crippen LogP contribution is -2.47. The number of pyridine rings is 1. The molecule has 3 heterocycles. The van der Waals surface area contributed by atoms with Crippen LogP contribution in [0, 0.1) is 5.92 Å². The van der Waals surface area contributed by atoms with E-state index in [2.05, 4.69) is 51.1 Å². The molecule has 0 spiro atoms. The van der Waals surface area contributed by atoms with Gasteiger partial charge in [0.15, 0.2) is 0 Å². The first-order chi connectivity index (χ1) is 14.2. The summed E-state index contributed by atoms with van der Waals surface area (Å²) in [6, 6.07) is 9.34. The van der Waals surface area contributed by atoms with E-state index in [1.807, 2.05) is 30.3 Å². The standard InChI is InChI=1S/C24H29N5/c1-17(20-11-23(12-20)29-8-4-3-5-9-29)27-24-13-21-10-18(6-7-19(21)14-25-24)22-15-26-28(2)16-22/h6-7,10,13-16,20,23H,1,3-5,8-9,11-12H2,2H3,(H,25,27). The van der Waals surface area contributed by atoms with Crippen molar-refractivity contribution in [3.8, 4) is 11.1 Å². The molecule has 5 heteroatoms. The van der Waals surface area contributed by atoms with Gasteiger partial charge in [-0.05, 0) is 61.9 Å². The van der Waals surface area contributed by atoms with Crippen molar-refractivity contribution in [3.05, 3.63) is 55.1 Å². The number of rotatable bonds is 5. The van der Waals surface area contributed by atoms with Gasteiger partial charge in [-0.1, -0.05) is 25.1 Å². The predicted molar refractivity (Wildman–Crippen MR) is 119 cm³/mol. The quantitative estimate of drug-likeness (QED) is 0.681. The number of fused-ring (bicyclic) bond motifs is 1. The van der Waals surface area contributed by atoms with Gasteiger partial charge in [0.1, 0.15) is 5.82 Å². The third-order valence-electron chi connectivity index (χ3n) is 6.56. The number of likely N-dealkylation sites (tertiary alicyclic amines) is 1. The summed E-state index contributed by atoms with van der Waals surface area (Å²) in [6.07, 6.45) is 12.5. The van der Waals surface area contributed by atoms with Gasteiger partial charge in [0, 0.05) is 48.0 Å². The van der Waals surface area contributed by atoms with Crippen LogP contribution in [0.5, 0.6) is 0 Å². The molecule has 1 N–H and O–H groups in total. The molecule has 150 valence electrons. The molecule has 1 saturated carbocycles. The fourth-order valence-corrected chi connectivity index (χ4v) is 4.68. The molecule has 1 aliphatic heterocycles. The molecule has 2 fully saturated rings. The Morgan fingerprint density at radius 2 is 1.86 bits per heavy atom. The number of nitrogens with zero attached hydrogens (tertiary/aromatic N) is 4. The van der Waals surface area contributed by atoms with Crippen molar-refractivity contribution in [2.75, 3.05) is 18.4 Å². The van der Waals surface area contributed by atoms with E-state index in [1.54, 1.807) is 0 Å². The van der Waals surface area contributed by atoms with Crippen molar-refractivity contribution in [2.24, 2.45) is 13.0 Å². The second-order valence-electron chi connectivity index (χ2n) is 8.60. The van der Waals surface area contributed by atoms with Gasteiger partial charge in [-0.2, -0.15) is 5.10 Å². The molecule has 2 aromatic heterocycles. The minimum atomic E-state index is 0.557. The summed E-state index contributed by atoms with van der Waals surface area (Å²) in [5.74, 6) is 1.44. The van der Waals surface area contributed by atoms with E-state index in [1.165, 1.54) is 56.1 Å². The van der Waals surface area contributed by atoms with Gasteiger partial charge in [-0.25, -0.2) is 4.98 Å². The number of aromatic nitrogens is 3. The highest BCUT2D eigenvalue weighted by Gasteiger charge is 2.35. The topological polar surface area (TPSA) is 46.0 Å². The Balaban J connectivity index is 1.26. The van der Waals surface area contributed by atoms with Crippen LogP contribution in [0.15, 0.2) is 55.1 Å². The van der Waals surface area contributed by atoms with Crippen LogP contribution in [0.1, 0.15) is 32.1 Å². The molecular weight excluding hydrogens is 358 g/mol. The molecule has 5 rings (SSSR count). The monoisotopic (exact) mass is 387 g/mol. The molecule has 5 nitrogen and oxygen atoms in total. The molecule has 2 aliphatic rings. The second kappa shape index (κ2) is 7.64. The average molecular weight is 388 g/mol. The number of aryl methyl sites for hydroxylation is 1. The van der Waals surface area contributed by atoms with Gasteiger partial charge in [0.2, 0.25) is 0 Å².